The van der Waals surface area contributed by atoms with E-state index >= 15 is 0 Å². The van der Waals surface area contributed by atoms with Crippen LogP contribution in [0.1, 0.15) is 27.2 Å². The van der Waals surface area contributed by atoms with E-state index in [4.69, 9.17) is 9.47 Å². The molecule has 1 atom stereocenters. The van der Waals surface area contributed by atoms with Gasteiger partial charge in [0, 0.05) is 13.2 Å². The van der Waals surface area contributed by atoms with Crippen molar-refractivity contribution in [2.75, 3.05) is 26.9 Å². The SMILES string of the molecule is COCCOCC(=O)NC(C)CC(C)C. The Balaban J connectivity index is 3.47. The number of ether oxygens (including phenoxy) is 2. The van der Waals surface area contributed by atoms with E-state index in [0.29, 0.717) is 19.1 Å². The number of amides is 1. The van der Waals surface area contributed by atoms with Gasteiger partial charge < -0.3 is 14.8 Å². The van der Waals surface area contributed by atoms with Crippen molar-refractivity contribution in [2.45, 2.75) is 33.2 Å². The minimum absolute atomic E-state index is 0.0562. The van der Waals surface area contributed by atoms with Crippen LogP contribution in [0, 0.1) is 5.92 Å². The molecule has 90 valence electrons. The summed E-state index contributed by atoms with van der Waals surface area (Å²) in [5.41, 5.74) is 0. The Morgan fingerprint density at radius 1 is 1.27 bits per heavy atom. The molecule has 0 aromatic carbocycles. The Morgan fingerprint density at radius 3 is 2.47 bits per heavy atom. The highest BCUT2D eigenvalue weighted by Crippen LogP contribution is 2.03. The van der Waals surface area contributed by atoms with Crippen molar-refractivity contribution in [3.63, 3.8) is 0 Å². The smallest absolute Gasteiger partial charge is 0.246 e. The molecule has 0 aliphatic heterocycles. The highest BCUT2D eigenvalue weighted by atomic mass is 16.5. The van der Waals surface area contributed by atoms with Crippen molar-refractivity contribution in [3.05, 3.63) is 0 Å². The Kier molecular flexibility index (Phi) is 8.33. The van der Waals surface area contributed by atoms with Crippen LogP contribution in [0.4, 0.5) is 0 Å². The number of nitrogens with one attached hydrogen (secondary N) is 1. The molecule has 15 heavy (non-hydrogen) atoms. The lowest BCUT2D eigenvalue weighted by Crippen LogP contribution is -2.36. The largest absolute Gasteiger partial charge is 0.382 e. The van der Waals surface area contributed by atoms with Gasteiger partial charge in [0.25, 0.3) is 0 Å². The Labute approximate surface area is 92.3 Å². The van der Waals surface area contributed by atoms with E-state index < -0.39 is 0 Å². The summed E-state index contributed by atoms with van der Waals surface area (Å²) in [6.45, 7) is 7.38. The quantitative estimate of drug-likeness (QED) is 0.621. The minimum Gasteiger partial charge on any atom is -0.382 e. The maximum absolute atomic E-state index is 11.3. The monoisotopic (exact) mass is 217 g/mol. The molecule has 0 aliphatic carbocycles. The van der Waals surface area contributed by atoms with E-state index in [0.717, 1.165) is 6.42 Å². The second-order valence-electron chi connectivity index (χ2n) is 4.14. The fraction of sp³-hybridized carbons (Fsp3) is 0.909. The van der Waals surface area contributed by atoms with Crippen LogP contribution in [-0.4, -0.2) is 38.9 Å². The van der Waals surface area contributed by atoms with Crippen molar-refractivity contribution < 1.29 is 14.3 Å². The van der Waals surface area contributed by atoms with Gasteiger partial charge in [0.05, 0.1) is 13.2 Å². The fourth-order valence-electron chi connectivity index (χ4n) is 1.39. The molecule has 0 aromatic rings. The van der Waals surface area contributed by atoms with E-state index in [2.05, 4.69) is 19.2 Å². The van der Waals surface area contributed by atoms with Crippen LogP contribution < -0.4 is 5.32 Å². The fourth-order valence-corrected chi connectivity index (χ4v) is 1.39. The van der Waals surface area contributed by atoms with Gasteiger partial charge in [-0.1, -0.05) is 13.8 Å². The first-order valence-corrected chi connectivity index (χ1v) is 5.42. The zero-order valence-electron chi connectivity index (χ0n) is 10.2. The molecule has 0 heterocycles. The van der Waals surface area contributed by atoms with Gasteiger partial charge in [0.1, 0.15) is 6.61 Å². The molecule has 0 aliphatic rings. The Bertz CT molecular complexity index is 171. The van der Waals surface area contributed by atoms with Gasteiger partial charge in [0.2, 0.25) is 5.91 Å². The number of carbonyl (C=O) groups is 1. The van der Waals surface area contributed by atoms with Gasteiger partial charge in [-0.05, 0) is 19.3 Å². The molecule has 0 radical (unpaired) electrons. The maximum Gasteiger partial charge on any atom is 0.246 e. The van der Waals surface area contributed by atoms with Gasteiger partial charge in [-0.15, -0.1) is 0 Å². The molecule has 0 saturated heterocycles. The molecule has 0 bridgehead atoms. The van der Waals surface area contributed by atoms with Crippen LogP contribution in [0.3, 0.4) is 0 Å². The average molecular weight is 217 g/mol. The summed E-state index contributed by atoms with van der Waals surface area (Å²) < 4.78 is 9.91. The molecule has 1 amide bonds. The normalized spacial score (nSPS) is 12.9. The van der Waals surface area contributed by atoms with Crippen LogP contribution in [0.5, 0.6) is 0 Å². The van der Waals surface area contributed by atoms with Crippen LogP contribution in [0.25, 0.3) is 0 Å². The first-order valence-electron chi connectivity index (χ1n) is 5.42. The number of rotatable bonds is 8. The minimum atomic E-state index is -0.0562. The Hall–Kier alpha value is -0.610. The molecule has 0 rings (SSSR count). The number of hydrogen-bond acceptors (Lipinski definition) is 3. The van der Waals surface area contributed by atoms with Gasteiger partial charge >= 0.3 is 0 Å². The number of methoxy groups -OCH3 is 1. The van der Waals surface area contributed by atoms with E-state index in [1.807, 2.05) is 6.92 Å². The van der Waals surface area contributed by atoms with Crippen LogP contribution in [-0.2, 0) is 14.3 Å². The third-order valence-corrected chi connectivity index (χ3v) is 1.90. The zero-order valence-corrected chi connectivity index (χ0v) is 10.2. The summed E-state index contributed by atoms with van der Waals surface area (Å²) in [5.74, 6) is 0.536. The average Bonchev–Trinajstić information content (AvgIpc) is 2.10. The summed E-state index contributed by atoms with van der Waals surface area (Å²) in [6.07, 6.45) is 0.990. The molecule has 1 unspecified atom stereocenters. The first kappa shape index (κ1) is 14.4. The molecule has 0 saturated carbocycles. The second kappa shape index (κ2) is 8.68. The van der Waals surface area contributed by atoms with Crippen molar-refractivity contribution in [1.82, 2.24) is 5.32 Å². The highest BCUT2D eigenvalue weighted by molar-refractivity contribution is 5.77. The molecule has 0 aromatic heterocycles. The predicted octanol–water partition coefficient (Wildman–Crippen LogP) is 1.20. The van der Waals surface area contributed by atoms with E-state index in [-0.39, 0.29) is 18.6 Å². The molecule has 4 nitrogen and oxygen atoms in total. The van der Waals surface area contributed by atoms with Gasteiger partial charge in [-0.2, -0.15) is 0 Å². The molecular weight excluding hydrogens is 194 g/mol. The topological polar surface area (TPSA) is 47.6 Å². The van der Waals surface area contributed by atoms with Gasteiger partial charge in [-0.25, -0.2) is 0 Å². The summed E-state index contributed by atoms with van der Waals surface area (Å²) >= 11 is 0. The molecular formula is C11H23NO3. The van der Waals surface area contributed by atoms with E-state index in [1.165, 1.54) is 0 Å². The van der Waals surface area contributed by atoms with Crippen LogP contribution in [0.2, 0.25) is 0 Å². The van der Waals surface area contributed by atoms with Crippen LogP contribution >= 0.6 is 0 Å². The molecule has 1 N–H and O–H groups in total. The van der Waals surface area contributed by atoms with Crippen molar-refractivity contribution >= 4 is 5.91 Å². The maximum atomic E-state index is 11.3. The van der Waals surface area contributed by atoms with Gasteiger partial charge in [-0.3, -0.25) is 4.79 Å². The number of carbonyl (C=O) groups excluding carboxylic acids is 1. The lowest BCUT2D eigenvalue weighted by molar-refractivity contribution is -0.126. The zero-order chi connectivity index (χ0) is 11.7. The van der Waals surface area contributed by atoms with Crippen molar-refractivity contribution in [2.24, 2.45) is 5.92 Å². The third-order valence-electron chi connectivity index (χ3n) is 1.90. The van der Waals surface area contributed by atoms with Crippen molar-refractivity contribution in [3.8, 4) is 0 Å². The summed E-state index contributed by atoms with van der Waals surface area (Å²) in [7, 11) is 1.61. The third kappa shape index (κ3) is 9.69. The summed E-state index contributed by atoms with van der Waals surface area (Å²) in [4.78, 5) is 11.3. The summed E-state index contributed by atoms with van der Waals surface area (Å²) in [6, 6.07) is 0.212. The van der Waals surface area contributed by atoms with E-state index in [1.54, 1.807) is 7.11 Å². The van der Waals surface area contributed by atoms with Crippen molar-refractivity contribution in [1.29, 1.82) is 0 Å². The molecule has 4 heteroatoms. The second-order valence-corrected chi connectivity index (χ2v) is 4.14. The highest BCUT2D eigenvalue weighted by Gasteiger charge is 2.08. The lowest BCUT2D eigenvalue weighted by Gasteiger charge is -2.15. The van der Waals surface area contributed by atoms with Crippen LogP contribution in [0.15, 0.2) is 0 Å². The Morgan fingerprint density at radius 2 is 1.93 bits per heavy atom. The molecule has 0 spiro atoms. The molecule has 0 fully saturated rings. The predicted molar refractivity (Wildman–Crippen MR) is 59.8 cm³/mol. The number of hydrogen-bond donors (Lipinski definition) is 1. The standard InChI is InChI=1S/C11H23NO3/c1-9(2)7-10(3)12-11(13)8-15-6-5-14-4/h9-10H,5-8H2,1-4H3,(H,12,13). The summed E-state index contributed by atoms with van der Waals surface area (Å²) in [5, 5.41) is 2.88. The van der Waals surface area contributed by atoms with Gasteiger partial charge in [0.15, 0.2) is 0 Å². The van der Waals surface area contributed by atoms with E-state index in [9.17, 15) is 4.79 Å². The first-order chi connectivity index (χ1) is 7.06. The lowest BCUT2D eigenvalue weighted by atomic mass is 10.1.